The molecule has 0 atom stereocenters. The Morgan fingerprint density at radius 1 is 1.08 bits per heavy atom. The third-order valence-corrected chi connectivity index (χ3v) is 3.76. The lowest BCUT2D eigenvalue weighted by atomic mass is 9.95. The van der Waals surface area contributed by atoms with Gasteiger partial charge in [-0.05, 0) is 29.8 Å². The van der Waals surface area contributed by atoms with Gasteiger partial charge in [-0.1, -0.05) is 36.9 Å². The van der Waals surface area contributed by atoms with Gasteiger partial charge in [0.2, 0.25) is 0 Å². The third kappa shape index (κ3) is 2.70. The van der Waals surface area contributed by atoms with Gasteiger partial charge >= 0.3 is 0 Å². The van der Waals surface area contributed by atoms with E-state index in [9.17, 15) is 9.90 Å². The van der Waals surface area contributed by atoms with E-state index in [-0.39, 0.29) is 16.9 Å². The highest BCUT2D eigenvalue weighted by Crippen LogP contribution is 2.41. The molecule has 0 spiro atoms. The van der Waals surface area contributed by atoms with E-state index in [0.717, 1.165) is 5.56 Å². The Balaban J connectivity index is 2.11. The Kier molecular flexibility index (Phi) is 4.20. The predicted octanol–water partition coefficient (Wildman–Crippen LogP) is 4.56. The summed E-state index contributed by atoms with van der Waals surface area (Å²) in [6.45, 7) is 3.77. The molecule has 24 heavy (non-hydrogen) atoms. The number of aromatic hydroxyl groups is 1. The van der Waals surface area contributed by atoms with Crippen molar-refractivity contribution >= 4 is 11.4 Å². The first-order valence-electron chi connectivity index (χ1n) is 7.36. The van der Waals surface area contributed by atoms with Gasteiger partial charge in [-0.15, -0.1) is 0 Å². The van der Waals surface area contributed by atoms with Crippen molar-refractivity contribution in [3.63, 3.8) is 0 Å². The van der Waals surface area contributed by atoms with Gasteiger partial charge in [0.05, 0.1) is 30.1 Å². The molecule has 1 N–H and O–H groups in total. The minimum atomic E-state index is -0.401. The van der Waals surface area contributed by atoms with Crippen LogP contribution in [0, 0.1) is 0 Å². The SMILES string of the molecule is C=C(C(=O)c1ccc(OC)c(-c2ccccc2)c1O)c1ccco1. The molecule has 0 bridgehead atoms. The number of carbonyl (C=O) groups excluding carboxylic acids is 1. The Hall–Kier alpha value is -3.27. The van der Waals surface area contributed by atoms with E-state index in [2.05, 4.69) is 6.58 Å². The molecule has 0 aliphatic rings. The van der Waals surface area contributed by atoms with E-state index in [1.54, 1.807) is 18.2 Å². The van der Waals surface area contributed by atoms with Crippen molar-refractivity contribution in [1.82, 2.24) is 0 Å². The average Bonchev–Trinajstić information content (AvgIpc) is 3.15. The van der Waals surface area contributed by atoms with Crippen LogP contribution in [0.25, 0.3) is 16.7 Å². The molecule has 2 aromatic carbocycles. The van der Waals surface area contributed by atoms with Gasteiger partial charge in [0.1, 0.15) is 17.3 Å². The highest BCUT2D eigenvalue weighted by atomic mass is 16.5. The van der Waals surface area contributed by atoms with E-state index in [1.807, 2.05) is 30.3 Å². The van der Waals surface area contributed by atoms with Crippen LogP contribution in [0.4, 0.5) is 0 Å². The second kappa shape index (κ2) is 6.46. The average molecular weight is 320 g/mol. The molecule has 0 fully saturated rings. The van der Waals surface area contributed by atoms with Crippen molar-refractivity contribution in [3.8, 4) is 22.6 Å². The van der Waals surface area contributed by atoms with Crippen LogP contribution in [-0.2, 0) is 0 Å². The molecule has 120 valence electrons. The topological polar surface area (TPSA) is 59.7 Å². The molecule has 4 heteroatoms. The number of ketones is 1. The van der Waals surface area contributed by atoms with Crippen LogP contribution in [0.1, 0.15) is 16.1 Å². The highest BCUT2D eigenvalue weighted by molar-refractivity contribution is 6.29. The minimum absolute atomic E-state index is 0.141. The molecule has 0 saturated heterocycles. The van der Waals surface area contributed by atoms with Gasteiger partial charge in [-0.3, -0.25) is 4.79 Å². The van der Waals surface area contributed by atoms with Crippen LogP contribution >= 0.6 is 0 Å². The van der Waals surface area contributed by atoms with Gasteiger partial charge in [0, 0.05) is 0 Å². The molecule has 0 amide bonds. The zero-order chi connectivity index (χ0) is 17.1. The number of furan rings is 1. The number of phenols is 1. The fourth-order valence-electron chi connectivity index (χ4n) is 2.53. The van der Waals surface area contributed by atoms with Crippen LogP contribution in [-0.4, -0.2) is 18.0 Å². The minimum Gasteiger partial charge on any atom is -0.506 e. The van der Waals surface area contributed by atoms with Crippen molar-refractivity contribution in [2.75, 3.05) is 7.11 Å². The summed E-state index contributed by atoms with van der Waals surface area (Å²) in [5, 5.41) is 10.7. The number of rotatable bonds is 5. The number of hydrogen-bond acceptors (Lipinski definition) is 4. The Morgan fingerprint density at radius 2 is 1.83 bits per heavy atom. The van der Waals surface area contributed by atoms with Crippen molar-refractivity contribution in [2.45, 2.75) is 0 Å². The molecule has 0 radical (unpaired) electrons. The summed E-state index contributed by atoms with van der Waals surface area (Å²) in [6, 6.07) is 15.8. The van der Waals surface area contributed by atoms with Crippen molar-refractivity contribution < 1.29 is 19.1 Å². The number of methoxy groups -OCH3 is 1. The molecular weight excluding hydrogens is 304 g/mol. The van der Waals surface area contributed by atoms with E-state index in [0.29, 0.717) is 17.1 Å². The Labute approximate surface area is 139 Å². The van der Waals surface area contributed by atoms with Gasteiger partial charge in [-0.2, -0.15) is 0 Å². The number of phenolic OH excluding ortho intramolecular Hbond substituents is 1. The maximum Gasteiger partial charge on any atom is 0.199 e. The second-order valence-electron chi connectivity index (χ2n) is 5.19. The summed E-state index contributed by atoms with van der Waals surface area (Å²) >= 11 is 0. The summed E-state index contributed by atoms with van der Waals surface area (Å²) in [6.07, 6.45) is 1.47. The van der Waals surface area contributed by atoms with E-state index in [1.165, 1.54) is 19.4 Å². The summed E-state index contributed by atoms with van der Waals surface area (Å²) in [4.78, 5) is 12.7. The molecule has 3 aromatic rings. The first kappa shape index (κ1) is 15.6. The molecule has 1 aromatic heterocycles. The molecular formula is C20H16O4. The van der Waals surface area contributed by atoms with Crippen molar-refractivity contribution in [3.05, 3.63) is 78.8 Å². The van der Waals surface area contributed by atoms with E-state index < -0.39 is 5.78 Å². The van der Waals surface area contributed by atoms with Crippen LogP contribution in [0.2, 0.25) is 0 Å². The number of allylic oxidation sites excluding steroid dienone is 1. The van der Waals surface area contributed by atoms with Crippen LogP contribution in [0.15, 0.2) is 71.9 Å². The number of Topliss-reactive ketones (excluding diaryl/α,β-unsaturated/α-hetero) is 1. The molecule has 4 nitrogen and oxygen atoms in total. The summed E-state index contributed by atoms with van der Waals surface area (Å²) in [5.41, 5.74) is 1.55. The van der Waals surface area contributed by atoms with Gasteiger partial charge in [-0.25, -0.2) is 0 Å². The predicted molar refractivity (Wildman–Crippen MR) is 92.2 cm³/mol. The smallest absolute Gasteiger partial charge is 0.199 e. The maximum atomic E-state index is 12.7. The second-order valence-corrected chi connectivity index (χ2v) is 5.19. The lowest BCUT2D eigenvalue weighted by Gasteiger charge is -2.14. The lowest BCUT2D eigenvalue weighted by Crippen LogP contribution is -2.03. The maximum absolute atomic E-state index is 12.7. The van der Waals surface area contributed by atoms with Gasteiger partial charge < -0.3 is 14.3 Å². The van der Waals surface area contributed by atoms with Crippen LogP contribution in [0.3, 0.4) is 0 Å². The number of benzene rings is 2. The van der Waals surface area contributed by atoms with E-state index in [4.69, 9.17) is 9.15 Å². The zero-order valence-electron chi connectivity index (χ0n) is 13.2. The fourth-order valence-corrected chi connectivity index (χ4v) is 2.53. The molecule has 0 unspecified atom stereocenters. The number of hydrogen-bond donors (Lipinski definition) is 1. The molecule has 0 aliphatic carbocycles. The first-order chi connectivity index (χ1) is 11.6. The van der Waals surface area contributed by atoms with Gasteiger partial charge in [0.25, 0.3) is 0 Å². The van der Waals surface area contributed by atoms with Crippen LogP contribution < -0.4 is 4.74 Å². The molecule has 1 heterocycles. The first-order valence-corrected chi connectivity index (χ1v) is 7.36. The summed E-state index contributed by atoms with van der Waals surface area (Å²) in [5.74, 6) is 0.316. The quantitative estimate of drug-likeness (QED) is 0.553. The number of ether oxygens (including phenoxy) is 1. The summed E-state index contributed by atoms with van der Waals surface area (Å²) < 4.78 is 10.5. The third-order valence-electron chi connectivity index (χ3n) is 3.76. The Bertz CT molecular complexity index is 878. The normalized spacial score (nSPS) is 10.4. The Morgan fingerprint density at radius 3 is 2.46 bits per heavy atom. The highest BCUT2D eigenvalue weighted by Gasteiger charge is 2.22. The summed E-state index contributed by atoms with van der Waals surface area (Å²) in [7, 11) is 1.52. The zero-order valence-corrected chi connectivity index (χ0v) is 13.2. The van der Waals surface area contributed by atoms with Crippen molar-refractivity contribution in [1.29, 1.82) is 0 Å². The molecule has 0 aliphatic heterocycles. The lowest BCUT2D eigenvalue weighted by molar-refractivity contribution is 0.105. The van der Waals surface area contributed by atoms with Crippen molar-refractivity contribution in [2.24, 2.45) is 0 Å². The van der Waals surface area contributed by atoms with E-state index >= 15 is 0 Å². The largest absolute Gasteiger partial charge is 0.506 e. The molecule has 3 rings (SSSR count). The number of carbonyl (C=O) groups is 1. The van der Waals surface area contributed by atoms with Gasteiger partial charge in [0.15, 0.2) is 5.78 Å². The monoisotopic (exact) mass is 320 g/mol. The fraction of sp³-hybridized carbons (Fsp3) is 0.0500. The van der Waals surface area contributed by atoms with Crippen LogP contribution in [0.5, 0.6) is 11.5 Å². The molecule has 0 saturated carbocycles. The standard InChI is InChI=1S/C20H16O4/c1-13(16-9-6-12-24-16)19(21)15-10-11-17(23-2)18(20(15)22)14-7-4-3-5-8-14/h3-12,22H,1H2,2H3.